The second-order valence-corrected chi connectivity index (χ2v) is 7.57. The van der Waals surface area contributed by atoms with Gasteiger partial charge in [0, 0.05) is 25.2 Å². The van der Waals surface area contributed by atoms with Gasteiger partial charge < -0.3 is 24.8 Å². The van der Waals surface area contributed by atoms with Crippen LogP contribution in [0.5, 0.6) is 11.5 Å². The van der Waals surface area contributed by atoms with E-state index in [0.717, 1.165) is 38.1 Å². The molecule has 0 unspecified atom stereocenters. The normalized spacial score (nSPS) is 17.2. The summed E-state index contributed by atoms with van der Waals surface area (Å²) in [5.41, 5.74) is 0.833. The first-order valence-electron chi connectivity index (χ1n) is 9.39. The third kappa shape index (κ3) is 7.22. The van der Waals surface area contributed by atoms with Crippen LogP contribution in [0.2, 0.25) is 0 Å². The molecular formula is C20H32N2O4. The minimum Gasteiger partial charge on any atom is -0.490 e. The van der Waals surface area contributed by atoms with Crippen molar-refractivity contribution in [2.24, 2.45) is 0 Å². The maximum absolute atomic E-state index is 11.9. The van der Waals surface area contributed by atoms with Gasteiger partial charge in [-0.15, -0.1) is 0 Å². The zero-order valence-electron chi connectivity index (χ0n) is 16.4. The van der Waals surface area contributed by atoms with Crippen LogP contribution < -0.4 is 20.1 Å². The first-order valence-corrected chi connectivity index (χ1v) is 9.39. The van der Waals surface area contributed by atoms with Crippen LogP contribution in [-0.4, -0.2) is 43.9 Å². The number of benzene rings is 1. The molecule has 0 aromatic heterocycles. The summed E-state index contributed by atoms with van der Waals surface area (Å²) in [7, 11) is 0. The topological polar surface area (TPSA) is 68.8 Å². The van der Waals surface area contributed by atoms with Crippen LogP contribution in [0.4, 0.5) is 0 Å². The maximum atomic E-state index is 11.9. The molecule has 2 N–H and O–H groups in total. The Hall–Kier alpha value is -1.79. The molecule has 1 amide bonds. The van der Waals surface area contributed by atoms with E-state index in [1.165, 1.54) is 0 Å². The molecule has 0 spiro atoms. The fourth-order valence-corrected chi connectivity index (χ4v) is 2.83. The molecule has 6 nitrogen and oxygen atoms in total. The lowest BCUT2D eigenvalue weighted by Gasteiger charge is -2.21. The van der Waals surface area contributed by atoms with Crippen molar-refractivity contribution >= 4 is 5.91 Å². The molecule has 0 saturated carbocycles. The molecule has 0 aliphatic carbocycles. The van der Waals surface area contributed by atoms with Gasteiger partial charge in [0.15, 0.2) is 18.1 Å². The number of hydrogen-bond acceptors (Lipinski definition) is 5. The minimum absolute atomic E-state index is 0.0338. The molecule has 1 fully saturated rings. The van der Waals surface area contributed by atoms with Crippen molar-refractivity contribution < 1.29 is 19.0 Å². The summed E-state index contributed by atoms with van der Waals surface area (Å²) in [4.78, 5) is 11.9. The molecule has 1 heterocycles. The Labute approximate surface area is 156 Å². The van der Waals surface area contributed by atoms with E-state index in [1.807, 2.05) is 45.9 Å². The van der Waals surface area contributed by atoms with E-state index in [1.54, 1.807) is 0 Å². The van der Waals surface area contributed by atoms with Crippen LogP contribution in [0.15, 0.2) is 18.2 Å². The molecule has 0 bridgehead atoms. The number of carbonyl (C=O) groups is 1. The third-order valence-electron chi connectivity index (χ3n) is 3.91. The van der Waals surface area contributed by atoms with E-state index >= 15 is 0 Å². The molecule has 1 atom stereocenters. The highest BCUT2D eigenvalue weighted by Gasteiger charge is 2.16. The van der Waals surface area contributed by atoms with Gasteiger partial charge in [0.1, 0.15) is 0 Å². The van der Waals surface area contributed by atoms with Crippen molar-refractivity contribution in [2.45, 2.75) is 58.7 Å². The lowest BCUT2D eigenvalue weighted by molar-refractivity contribution is -0.124. The number of carbonyl (C=O) groups excluding carboxylic acids is 1. The Balaban J connectivity index is 1.88. The summed E-state index contributed by atoms with van der Waals surface area (Å²) in [6.45, 7) is 10.7. The zero-order valence-corrected chi connectivity index (χ0v) is 16.4. The molecule has 146 valence electrons. The highest BCUT2D eigenvalue weighted by atomic mass is 16.5. The monoisotopic (exact) mass is 364 g/mol. The average Bonchev–Trinajstić information content (AvgIpc) is 3.06. The van der Waals surface area contributed by atoms with Gasteiger partial charge in [-0.2, -0.15) is 0 Å². The van der Waals surface area contributed by atoms with Crippen molar-refractivity contribution in [3.8, 4) is 11.5 Å². The molecule has 1 aliphatic rings. The number of nitrogens with one attached hydrogen (secondary N) is 2. The standard InChI is InChI=1S/C20H32N2O4/c1-5-24-18-11-15(12-21-13-16-7-6-10-25-16)8-9-17(18)26-14-19(23)22-20(2,3)4/h8-9,11,16,21H,5-7,10,12-14H2,1-4H3,(H,22,23)/t16-/m1/s1. The summed E-state index contributed by atoms with van der Waals surface area (Å²) >= 11 is 0. The fraction of sp³-hybridized carbons (Fsp3) is 0.650. The summed E-state index contributed by atoms with van der Waals surface area (Å²) in [6.07, 6.45) is 2.60. The summed E-state index contributed by atoms with van der Waals surface area (Å²) in [5, 5.41) is 6.30. The van der Waals surface area contributed by atoms with Crippen LogP contribution in [-0.2, 0) is 16.1 Å². The largest absolute Gasteiger partial charge is 0.490 e. The lowest BCUT2D eigenvalue weighted by atomic mass is 10.1. The van der Waals surface area contributed by atoms with Gasteiger partial charge in [-0.25, -0.2) is 0 Å². The van der Waals surface area contributed by atoms with Crippen LogP contribution in [0.25, 0.3) is 0 Å². The molecule has 1 aromatic rings. The van der Waals surface area contributed by atoms with Crippen molar-refractivity contribution in [3.05, 3.63) is 23.8 Å². The first kappa shape index (κ1) is 20.5. The number of ether oxygens (including phenoxy) is 3. The lowest BCUT2D eigenvalue weighted by Crippen LogP contribution is -2.43. The van der Waals surface area contributed by atoms with Gasteiger partial charge in [0.05, 0.1) is 12.7 Å². The molecule has 6 heteroatoms. The summed E-state index contributed by atoms with van der Waals surface area (Å²) in [5.74, 6) is 1.09. The summed E-state index contributed by atoms with van der Waals surface area (Å²) < 4.78 is 17.0. The van der Waals surface area contributed by atoms with Crippen LogP contribution in [0.1, 0.15) is 46.1 Å². The van der Waals surface area contributed by atoms with Gasteiger partial charge in [-0.1, -0.05) is 6.07 Å². The number of hydrogen-bond donors (Lipinski definition) is 2. The molecule has 0 radical (unpaired) electrons. The quantitative estimate of drug-likeness (QED) is 0.705. The summed E-state index contributed by atoms with van der Waals surface area (Å²) in [6, 6.07) is 5.81. The van der Waals surface area contributed by atoms with E-state index < -0.39 is 0 Å². The maximum Gasteiger partial charge on any atom is 0.258 e. The van der Waals surface area contributed by atoms with Crippen LogP contribution in [0.3, 0.4) is 0 Å². The van der Waals surface area contributed by atoms with Gasteiger partial charge in [0.2, 0.25) is 0 Å². The third-order valence-corrected chi connectivity index (χ3v) is 3.91. The van der Waals surface area contributed by atoms with Gasteiger partial charge in [0.25, 0.3) is 5.91 Å². The Morgan fingerprint density at radius 2 is 2.08 bits per heavy atom. The average molecular weight is 364 g/mol. The molecule has 2 rings (SSSR count). The number of rotatable bonds is 9. The van der Waals surface area contributed by atoms with E-state index in [-0.39, 0.29) is 18.1 Å². The SMILES string of the molecule is CCOc1cc(CNC[C@H]2CCCO2)ccc1OCC(=O)NC(C)(C)C. The highest BCUT2D eigenvalue weighted by Crippen LogP contribution is 2.28. The Bertz CT molecular complexity index is 578. The van der Waals surface area contributed by atoms with E-state index in [0.29, 0.717) is 24.2 Å². The van der Waals surface area contributed by atoms with E-state index in [4.69, 9.17) is 14.2 Å². The zero-order chi connectivity index (χ0) is 19.0. The second-order valence-electron chi connectivity index (χ2n) is 7.57. The van der Waals surface area contributed by atoms with Crippen molar-refractivity contribution in [3.63, 3.8) is 0 Å². The smallest absolute Gasteiger partial charge is 0.258 e. The Morgan fingerprint density at radius 1 is 1.27 bits per heavy atom. The molecule has 1 aromatic carbocycles. The van der Waals surface area contributed by atoms with Gasteiger partial charge >= 0.3 is 0 Å². The first-order chi connectivity index (χ1) is 12.4. The van der Waals surface area contributed by atoms with Gasteiger partial charge in [-0.3, -0.25) is 4.79 Å². The molecule has 1 saturated heterocycles. The number of amides is 1. The minimum atomic E-state index is -0.276. The Kier molecular flexibility index (Phi) is 7.72. The van der Waals surface area contributed by atoms with E-state index in [2.05, 4.69) is 10.6 Å². The van der Waals surface area contributed by atoms with Crippen molar-refractivity contribution in [1.29, 1.82) is 0 Å². The second kappa shape index (κ2) is 9.78. The molecule has 1 aliphatic heterocycles. The van der Waals surface area contributed by atoms with Gasteiger partial charge in [-0.05, 0) is 58.2 Å². The Morgan fingerprint density at radius 3 is 2.73 bits per heavy atom. The van der Waals surface area contributed by atoms with Crippen LogP contribution in [0, 0.1) is 0 Å². The highest BCUT2D eigenvalue weighted by molar-refractivity contribution is 5.78. The fourth-order valence-electron chi connectivity index (χ4n) is 2.83. The van der Waals surface area contributed by atoms with E-state index in [9.17, 15) is 4.79 Å². The predicted octanol–water partition coefficient (Wildman–Crippen LogP) is 2.65. The predicted molar refractivity (Wildman–Crippen MR) is 102 cm³/mol. The molecule has 26 heavy (non-hydrogen) atoms. The van der Waals surface area contributed by atoms with Crippen molar-refractivity contribution in [2.75, 3.05) is 26.4 Å². The molecular weight excluding hydrogens is 332 g/mol. The van der Waals surface area contributed by atoms with Crippen molar-refractivity contribution in [1.82, 2.24) is 10.6 Å². The van der Waals surface area contributed by atoms with Crippen LogP contribution >= 0.6 is 0 Å².